The van der Waals surface area contributed by atoms with Crippen LogP contribution in [0.15, 0.2) is 66.7 Å². The third kappa shape index (κ3) is 3.73. The topological polar surface area (TPSA) is 49.4 Å². The van der Waals surface area contributed by atoms with Gasteiger partial charge in [-0.15, -0.1) is 0 Å². The van der Waals surface area contributed by atoms with Crippen LogP contribution in [0.1, 0.15) is 50.8 Å². The van der Waals surface area contributed by atoms with Crippen molar-refractivity contribution in [2.45, 2.75) is 33.2 Å². The Morgan fingerprint density at radius 1 is 0.900 bits per heavy atom. The fourth-order valence-electron chi connectivity index (χ4n) is 3.82. The molecule has 0 aliphatic carbocycles. The SMILES string of the molecule is CCC1CN(C(=O)c2ccc(C(=O)c3ccccc3)cc2)c2cc(C)c(C)cc2N1. The lowest BCUT2D eigenvalue weighted by Crippen LogP contribution is -2.44. The molecule has 0 aromatic heterocycles. The number of hydrogen-bond acceptors (Lipinski definition) is 3. The second-order valence-corrected chi connectivity index (χ2v) is 7.89. The first-order valence-electron chi connectivity index (χ1n) is 10.4. The monoisotopic (exact) mass is 398 g/mol. The molecule has 0 bridgehead atoms. The molecule has 4 heteroatoms. The zero-order valence-corrected chi connectivity index (χ0v) is 17.6. The van der Waals surface area contributed by atoms with Gasteiger partial charge in [0.05, 0.1) is 11.4 Å². The highest BCUT2D eigenvalue weighted by Gasteiger charge is 2.28. The van der Waals surface area contributed by atoms with E-state index in [4.69, 9.17) is 0 Å². The average molecular weight is 399 g/mol. The van der Waals surface area contributed by atoms with Crippen LogP contribution in [0.5, 0.6) is 0 Å². The Balaban J connectivity index is 1.63. The molecule has 4 nitrogen and oxygen atoms in total. The summed E-state index contributed by atoms with van der Waals surface area (Å²) in [5, 5.41) is 3.55. The van der Waals surface area contributed by atoms with E-state index in [9.17, 15) is 9.59 Å². The molecule has 1 aliphatic rings. The summed E-state index contributed by atoms with van der Waals surface area (Å²) in [6, 6.07) is 20.6. The fourth-order valence-corrected chi connectivity index (χ4v) is 3.82. The van der Waals surface area contributed by atoms with Gasteiger partial charge in [-0.25, -0.2) is 0 Å². The van der Waals surface area contributed by atoms with Crippen molar-refractivity contribution in [1.29, 1.82) is 0 Å². The number of carbonyl (C=O) groups excluding carboxylic acids is 2. The van der Waals surface area contributed by atoms with E-state index in [2.05, 4.69) is 38.2 Å². The fraction of sp³-hybridized carbons (Fsp3) is 0.231. The van der Waals surface area contributed by atoms with Gasteiger partial charge in [0.25, 0.3) is 5.91 Å². The summed E-state index contributed by atoms with van der Waals surface area (Å²) in [7, 11) is 0. The zero-order chi connectivity index (χ0) is 21.3. The first kappa shape index (κ1) is 19.9. The van der Waals surface area contributed by atoms with Gasteiger partial charge in [0.15, 0.2) is 5.78 Å². The molecule has 1 amide bonds. The smallest absolute Gasteiger partial charge is 0.258 e. The molecule has 1 N–H and O–H groups in total. The highest BCUT2D eigenvalue weighted by molar-refractivity contribution is 6.11. The molecular formula is C26H26N2O2. The van der Waals surface area contributed by atoms with E-state index in [0.29, 0.717) is 23.2 Å². The zero-order valence-electron chi connectivity index (χ0n) is 17.6. The predicted octanol–water partition coefficient (Wildman–Crippen LogP) is 5.39. The number of aryl methyl sites for hydroxylation is 2. The third-order valence-corrected chi connectivity index (χ3v) is 5.83. The Labute approximate surface area is 177 Å². The molecule has 4 rings (SSSR count). The van der Waals surface area contributed by atoms with E-state index in [-0.39, 0.29) is 17.7 Å². The van der Waals surface area contributed by atoms with E-state index in [1.54, 1.807) is 36.4 Å². The van der Waals surface area contributed by atoms with Gasteiger partial charge in [0.2, 0.25) is 0 Å². The number of fused-ring (bicyclic) bond motifs is 1. The number of ketones is 1. The van der Waals surface area contributed by atoms with Gasteiger partial charge in [0, 0.05) is 29.3 Å². The van der Waals surface area contributed by atoms with Crippen LogP contribution in [0, 0.1) is 13.8 Å². The Kier molecular flexibility index (Phi) is 5.40. The molecule has 3 aromatic carbocycles. The Bertz CT molecular complexity index is 1090. The molecule has 0 radical (unpaired) electrons. The predicted molar refractivity (Wildman–Crippen MR) is 122 cm³/mol. The van der Waals surface area contributed by atoms with Gasteiger partial charge in [-0.1, -0.05) is 49.4 Å². The molecule has 30 heavy (non-hydrogen) atoms. The van der Waals surface area contributed by atoms with Crippen molar-refractivity contribution in [3.8, 4) is 0 Å². The van der Waals surface area contributed by atoms with Crippen molar-refractivity contribution in [2.24, 2.45) is 0 Å². The van der Waals surface area contributed by atoms with Gasteiger partial charge in [-0.2, -0.15) is 0 Å². The molecule has 1 atom stereocenters. The van der Waals surface area contributed by atoms with Gasteiger partial charge in [0.1, 0.15) is 0 Å². The average Bonchev–Trinajstić information content (AvgIpc) is 2.79. The maximum Gasteiger partial charge on any atom is 0.258 e. The minimum atomic E-state index is -0.0434. The van der Waals surface area contributed by atoms with Crippen LogP contribution in [-0.2, 0) is 0 Å². The van der Waals surface area contributed by atoms with Crippen LogP contribution in [0.25, 0.3) is 0 Å². The summed E-state index contributed by atoms with van der Waals surface area (Å²) in [5.74, 6) is -0.0857. The number of carbonyl (C=O) groups is 2. The lowest BCUT2D eigenvalue weighted by Gasteiger charge is -2.36. The van der Waals surface area contributed by atoms with Gasteiger partial charge >= 0.3 is 0 Å². The minimum Gasteiger partial charge on any atom is -0.379 e. The molecule has 0 spiro atoms. The van der Waals surface area contributed by atoms with Gasteiger partial charge in [-0.3, -0.25) is 9.59 Å². The van der Waals surface area contributed by atoms with Crippen LogP contribution in [0.4, 0.5) is 11.4 Å². The molecule has 0 saturated carbocycles. The lowest BCUT2D eigenvalue weighted by molar-refractivity contribution is 0.0982. The van der Waals surface area contributed by atoms with E-state index in [0.717, 1.165) is 23.4 Å². The number of benzene rings is 3. The molecule has 0 saturated heterocycles. The maximum atomic E-state index is 13.4. The van der Waals surface area contributed by atoms with Crippen molar-refractivity contribution in [3.05, 3.63) is 94.5 Å². The first-order chi connectivity index (χ1) is 14.5. The highest BCUT2D eigenvalue weighted by Crippen LogP contribution is 2.35. The number of nitrogens with zero attached hydrogens (tertiary/aromatic N) is 1. The first-order valence-corrected chi connectivity index (χ1v) is 10.4. The molecule has 152 valence electrons. The summed E-state index contributed by atoms with van der Waals surface area (Å²) >= 11 is 0. The normalized spacial score (nSPS) is 15.3. The largest absolute Gasteiger partial charge is 0.379 e. The van der Waals surface area contributed by atoms with Gasteiger partial charge in [-0.05, 0) is 55.7 Å². The third-order valence-electron chi connectivity index (χ3n) is 5.83. The minimum absolute atomic E-state index is 0.0423. The van der Waals surface area contributed by atoms with Crippen molar-refractivity contribution in [3.63, 3.8) is 0 Å². The van der Waals surface area contributed by atoms with E-state index in [1.807, 2.05) is 23.1 Å². The number of rotatable bonds is 4. The lowest BCUT2D eigenvalue weighted by atomic mass is 10.00. The summed E-state index contributed by atoms with van der Waals surface area (Å²) in [4.78, 5) is 27.9. The van der Waals surface area contributed by atoms with Crippen molar-refractivity contribution in [1.82, 2.24) is 0 Å². The number of anilines is 2. The quantitative estimate of drug-likeness (QED) is 0.600. The van der Waals surface area contributed by atoms with Crippen molar-refractivity contribution < 1.29 is 9.59 Å². The molecular weight excluding hydrogens is 372 g/mol. The van der Waals surface area contributed by atoms with E-state index >= 15 is 0 Å². The van der Waals surface area contributed by atoms with Crippen LogP contribution in [-0.4, -0.2) is 24.3 Å². The summed E-state index contributed by atoms with van der Waals surface area (Å²) in [6.45, 7) is 6.89. The van der Waals surface area contributed by atoms with Crippen LogP contribution in [0.2, 0.25) is 0 Å². The summed E-state index contributed by atoms with van der Waals surface area (Å²) in [6.07, 6.45) is 0.931. The second kappa shape index (κ2) is 8.15. The number of nitrogens with one attached hydrogen (secondary N) is 1. The Morgan fingerprint density at radius 2 is 1.50 bits per heavy atom. The van der Waals surface area contributed by atoms with Crippen molar-refractivity contribution >= 4 is 23.1 Å². The van der Waals surface area contributed by atoms with Gasteiger partial charge < -0.3 is 10.2 Å². The van der Waals surface area contributed by atoms with Crippen molar-refractivity contribution in [2.75, 3.05) is 16.8 Å². The summed E-state index contributed by atoms with van der Waals surface area (Å²) < 4.78 is 0. The number of amides is 1. The number of hydrogen-bond donors (Lipinski definition) is 1. The highest BCUT2D eigenvalue weighted by atomic mass is 16.2. The molecule has 0 fully saturated rings. The van der Waals surface area contributed by atoms with E-state index in [1.165, 1.54) is 5.56 Å². The molecule has 1 heterocycles. The van der Waals surface area contributed by atoms with Crippen LogP contribution in [0.3, 0.4) is 0 Å². The van der Waals surface area contributed by atoms with Crippen LogP contribution >= 0.6 is 0 Å². The molecule has 1 aliphatic heterocycles. The standard InChI is InChI=1S/C26H26N2O2/c1-4-22-16-28(24-15-18(3)17(2)14-23(24)27-22)26(30)21-12-10-20(11-13-21)25(29)19-8-6-5-7-9-19/h5-15,22,27H,4,16H2,1-3H3. The summed E-state index contributed by atoms with van der Waals surface area (Å²) in [5.41, 5.74) is 6.08. The molecule has 3 aromatic rings. The second-order valence-electron chi connectivity index (χ2n) is 7.89. The van der Waals surface area contributed by atoms with Crippen LogP contribution < -0.4 is 10.2 Å². The molecule has 1 unspecified atom stereocenters. The Morgan fingerprint density at radius 3 is 2.17 bits per heavy atom. The van der Waals surface area contributed by atoms with E-state index < -0.39 is 0 Å². The Hall–Kier alpha value is -3.40. The maximum absolute atomic E-state index is 13.4.